The molecule has 0 saturated carbocycles. The molecule has 6 heteroatoms. The normalized spacial score (nSPS) is 9.73. The lowest BCUT2D eigenvalue weighted by molar-refractivity contribution is 0.150. The van der Waals surface area contributed by atoms with E-state index in [1.165, 1.54) is 0 Å². The molecule has 0 aliphatic carbocycles. The van der Waals surface area contributed by atoms with Gasteiger partial charge in [0.1, 0.15) is 16.9 Å². The van der Waals surface area contributed by atoms with E-state index < -0.39 is 17.1 Å². The molecule has 0 N–H and O–H groups in total. The van der Waals surface area contributed by atoms with Gasteiger partial charge in [-0.05, 0) is 11.6 Å². The Morgan fingerprint density at radius 3 is 2.60 bits per heavy atom. The molecule has 3 nitrogen and oxygen atoms in total. The van der Waals surface area contributed by atoms with E-state index in [2.05, 4.69) is 4.98 Å². The Hall–Kier alpha value is -1.72. The van der Waals surface area contributed by atoms with Gasteiger partial charge in [-0.2, -0.15) is 10.5 Å². The van der Waals surface area contributed by atoms with Gasteiger partial charge in [0.15, 0.2) is 0 Å². The molecule has 0 amide bonds. The summed E-state index contributed by atoms with van der Waals surface area (Å²) >= 11 is 5.49. The Bertz CT molecular complexity index is 460. The van der Waals surface area contributed by atoms with Crippen molar-refractivity contribution in [1.82, 2.24) is 4.98 Å². The molecule has 0 atom stereocenters. The first-order chi connectivity index (χ1) is 7.10. The summed E-state index contributed by atoms with van der Waals surface area (Å²) in [5.41, 5.74) is -0.504. The number of alkyl halides is 2. The third kappa shape index (κ3) is 2.39. The van der Waals surface area contributed by atoms with Crippen LogP contribution in [0.3, 0.4) is 0 Å². The van der Waals surface area contributed by atoms with Gasteiger partial charge in [-0.25, -0.2) is 13.8 Å². The van der Waals surface area contributed by atoms with Crippen LogP contribution in [-0.4, -0.2) is 4.98 Å². The summed E-state index contributed by atoms with van der Waals surface area (Å²) in [4.78, 5) is 3.47. The molecule has 0 spiro atoms. The summed E-state index contributed by atoms with van der Waals surface area (Å²) in [5, 5.41) is 16.6. The van der Waals surface area contributed by atoms with Crippen LogP contribution >= 0.6 is 11.6 Å². The molecule has 1 aromatic heterocycles. The fraction of sp³-hybridized carbons (Fsp3) is 0.222. The van der Waals surface area contributed by atoms with Crippen LogP contribution in [0, 0.1) is 22.7 Å². The molecular formula is C9H4ClF2N3. The average molecular weight is 228 g/mol. The van der Waals surface area contributed by atoms with Crippen molar-refractivity contribution in [3.8, 4) is 12.1 Å². The predicted octanol–water partition coefficient (Wildman–Crippen LogP) is 2.61. The molecule has 0 saturated heterocycles. The largest absolute Gasteiger partial charge is 0.267 e. The van der Waals surface area contributed by atoms with E-state index in [1.807, 2.05) is 0 Å². The van der Waals surface area contributed by atoms with Crippen molar-refractivity contribution in [2.45, 2.75) is 12.8 Å². The van der Waals surface area contributed by atoms with E-state index in [4.69, 9.17) is 22.1 Å². The highest BCUT2D eigenvalue weighted by molar-refractivity contribution is 6.30. The number of halogens is 3. The molecule has 1 aromatic rings. The van der Waals surface area contributed by atoms with Crippen molar-refractivity contribution in [3.63, 3.8) is 0 Å². The Labute approximate surface area is 89.5 Å². The highest BCUT2D eigenvalue weighted by Gasteiger charge is 2.19. The van der Waals surface area contributed by atoms with Gasteiger partial charge in [0, 0.05) is 0 Å². The topological polar surface area (TPSA) is 60.5 Å². The van der Waals surface area contributed by atoms with Crippen LogP contribution in [0.1, 0.15) is 23.2 Å². The van der Waals surface area contributed by atoms with Gasteiger partial charge in [-0.1, -0.05) is 11.6 Å². The first-order valence-corrected chi connectivity index (χ1v) is 4.22. The summed E-state index contributed by atoms with van der Waals surface area (Å²) in [5.74, 6) is 0. The van der Waals surface area contributed by atoms with Crippen LogP contribution in [0.2, 0.25) is 5.15 Å². The maximum atomic E-state index is 12.5. The van der Waals surface area contributed by atoms with Crippen molar-refractivity contribution in [3.05, 3.63) is 28.0 Å². The Morgan fingerprint density at radius 1 is 1.47 bits per heavy atom. The van der Waals surface area contributed by atoms with Gasteiger partial charge in [-0.15, -0.1) is 0 Å². The lowest BCUT2D eigenvalue weighted by Crippen LogP contribution is -1.99. The third-order valence-corrected chi connectivity index (χ3v) is 1.99. The number of hydrogen-bond donors (Lipinski definition) is 0. The maximum absolute atomic E-state index is 12.5. The molecule has 0 aliphatic rings. The molecule has 0 unspecified atom stereocenters. The van der Waals surface area contributed by atoms with Gasteiger partial charge in [0.25, 0.3) is 6.43 Å². The monoisotopic (exact) mass is 227 g/mol. The van der Waals surface area contributed by atoms with E-state index in [-0.39, 0.29) is 17.7 Å². The second-order valence-corrected chi connectivity index (χ2v) is 2.98. The Kier molecular flexibility index (Phi) is 3.54. The molecule has 0 bridgehead atoms. The number of pyridine rings is 1. The van der Waals surface area contributed by atoms with Crippen molar-refractivity contribution in [1.29, 1.82) is 10.5 Å². The molecule has 0 fully saturated rings. The van der Waals surface area contributed by atoms with Crippen molar-refractivity contribution in [2.75, 3.05) is 0 Å². The smallest absolute Gasteiger partial charge is 0.225 e. The van der Waals surface area contributed by atoms with Crippen LogP contribution in [0.4, 0.5) is 8.78 Å². The SMILES string of the molecule is N#CCc1cc(C#N)nc(Cl)c1C(F)F. The van der Waals surface area contributed by atoms with E-state index >= 15 is 0 Å². The summed E-state index contributed by atoms with van der Waals surface area (Å²) in [6.07, 6.45) is -3.03. The summed E-state index contributed by atoms with van der Waals surface area (Å²) in [6, 6.07) is 4.56. The van der Waals surface area contributed by atoms with Crippen molar-refractivity contribution in [2.24, 2.45) is 0 Å². The second-order valence-electron chi connectivity index (χ2n) is 2.62. The molecule has 0 aliphatic heterocycles. The van der Waals surface area contributed by atoms with Gasteiger partial charge in [-0.3, -0.25) is 0 Å². The van der Waals surface area contributed by atoms with Crippen molar-refractivity contribution >= 4 is 11.6 Å². The fourth-order valence-electron chi connectivity index (χ4n) is 1.09. The van der Waals surface area contributed by atoms with Crippen molar-refractivity contribution < 1.29 is 8.78 Å². The number of hydrogen-bond acceptors (Lipinski definition) is 3. The lowest BCUT2D eigenvalue weighted by atomic mass is 10.1. The van der Waals surface area contributed by atoms with Gasteiger partial charge in [0.2, 0.25) is 0 Å². The van der Waals surface area contributed by atoms with Gasteiger partial charge < -0.3 is 0 Å². The minimum atomic E-state index is -2.80. The number of aromatic nitrogens is 1. The zero-order chi connectivity index (χ0) is 11.4. The molecule has 1 rings (SSSR count). The number of rotatable bonds is 2. The Balaban J connectivity index is 3.38. The number of nitriles is 2. The molecule has 0 radical (unpaired) electrons. The second kappa shape index (κ2) is 4.68. The first-order valence-electron chi connectivity index (χ1n) is 3.84. The molecule has 1 heterocycles. The van der Waals surface area contributed by atoms with Gasteiger partial charge in [0.05, 0.1) is 18.1 Å². The summed E-state index contributed by atoms with van der Waals surface area (Å²) in [7, 11) is 0. The van der Waals surface area contributed by atoms with Crippen LogP contribution in [-0.2, 0) is 6.42 Å². The third-order valence-electron chi connectivity index (χ3n) is 1.70. The summed E-state index contributed by atoms with van der Waals surface area (Å²) in [6.45, 7) is 0. The molecule has 15 heavy (non-hydrogen) atoms. The van der Waals surface area contributed by atoms with Crippen LogP contribution in [0.25, 0.3) is 0 Å². The minimum absolute atomic E-state index is 0.0454. The Morgan fingerprint density at radius 2 is 2.13 bits per heavy atom. The average Bonchev–Trinajstić information content (AvgIpc) is 2.16. The lowest BCUT2D eigenvalue weighted by Gasteiger charge is -2.07. The highest BCUT2D eigenvalue weighted by atomic mass is 35.5. The number of nitrogens with zero attached hydrogens (tertiary/aromatic N) is 3. The van der Waals surface area contributed by atoms with E-state index in [9.17, 15) is 8.78 Å². The first kappa shape index (κ1) is 11.4. The standard InChI is InChI=1S/C9H4ClF2N3/c10-8-7(9(11)12)5(1-2-13)3-6(4-14)15-8/h3,9H,1H2. The predicted molar refractivity (Wildman–Crippen MR) is 48.2 cm³/mol. The molecular weight excluding hydrogens is 224 g/mol. The zero-order valence-corrected chi connectivity index (χ0v) is 8.09. The quantitative estimate of drug-likeness (QED) is 0.730. The van der Waals surface area contributed by atoms with E-state index in [0.29, 0.717) is 0 Å². The van der Waals surface area contributed by atoms with Crippen LogP contribution < -0.4 is 0 Å². The molecule has 0 aromatic carbocycles. The van der Waals surface area contributed by atoms with Crippen LogP contribution in [0.5, 0.6) is 0 Å². The van der Waals surface area contributed by atoms with E-state index in [1.54, 1.807) is 12.1 Å². The molecule has 76 valence electrons. The van der Waals surface area contributed by atoms with E-state index in [0.717, 1.165) is 6.07 Å². The fourth-order valence-corrected chi connectivity index (χ4v) is 1.39. The maximum Gasteiger partial charge on any atom is 0.267 e. The van der Waals surface area contributed by atoms with Crippen LogP contribution in [0.15, 0.2) is 6.07 Å². The summed E-state index contributed by atoms with van der Waals surface area (Å²) < 4.78 is 25.1. The minimum Gasteiger partial charge on any atom is -0.225 e. The van der Waals surface area contributed by atoms with Gasteiger partial charge >= 0.3 is 0 Å². The highest BCUT2D eigenvalue weighted by Crippen LogP contribution is 2.29. The zero-order valence-electron chi connectivity index (χ0n) is 7.34.